The van der Waals surface area contributed by atoms with E-state index in [0.29, 0.717) is 18.9 Å². The molecule has 0 aromatic carbocycles. The predicted molar refractivity (Wildman–Crippen MR) is 54.9 cm³/mol. The third kappa shape index (κ3) is 2.99. The lowest BCUT2D eigenvalue weighted by Gasteiger charge is -2.02. The zero-order valence-corrected chi connectivity index (χ0v) is 9.08. The van der Waals surface area contributed by atoms with Gasteiger partial charge in [-0.15, -0.1) is 0 Å². The molecule has 0 spiro atoms. The molecular formula is C9H12N4O3. The first-order valence-corrected chi connectivity index (χ1v) is 4.73. The highest BCUT2D eigenvalue weighted by atomic mass is 16.5. The van der Waals surface area contributed by atoms with E-state index in [9.17, 15) is 4.79 Å². The fourth-order valence-electron chi connectivity index (χ4n) is 1.13. The van der Waals surface area contributed by atoms with Gasteiger partial charge in [0.25, 0.3) is 0 Å². The molecule has 7 nitrogen and oxygen atoms in total. The van der Waals surface area contributed by atoms with Gasteiger partial charge in [0.1, 0.15) is 6.26 Å². The molecule has 1 unspecified atom stereocenters. The molecule has 0 saturated heterocycles. The van der Waals surface area contributed by atoms with Gasteiger partial charge in [0.2, 0.25) is 0 Å². The fourth-order valence-corrected chi connectivity index (χ4v) is 1.13. The average molecular weight is 224 g/mol. The topological polar surface area (TPSA) is 101 Å². The molecule has 1 aromatic heterocycles. The molecule has 1 rings (SSSR count). The predicted octanol–water partition coefficient (Wildman–Crippen LogP) is 2.27. The summed E-state index contributed by atoms with van der Waals surface area (Å²) in [6.45, 7) is 2.24. The number of carbonyl (C=O) groups excluding carboxylic acids is 1. The van der Waals surface area contributed by atoms with E-state index in [1.807, 2.05) is 6.92 Å². The van der Waals surface area contributed by atoms with Gasteiger partial charge in [-0.2, -0.15) is 0 Å². The van der Waals surface area contributed by atoms with Crippen LogP contribution in [0.25, 0.3) is 10.4 Å². The Balaban J connectivity index is 2.62. The van der Waals surface area contributed by atoms with Crippen LogP contribution in [0.15, 0.2) is 15.8 Å². The SMILES string of the molecule is COC(=O)c1coc(C(C)CCN=[N+]=[N-])n1. The van der Waals surface area contributed by atoms with Crippen LogP contribution in [0.1, 0.15) is 35.6 Å². The van der Waals surface area contributed by atoms with Crippen LogP contribution in [0.4, 0.5) is 0 Å². The van der Waals surface area contributed by atoms with Gasteiger partial charge in [-0.3, -0.25) is 0 Å². The fraction of sp³-hybridized carbons (Fsp3) is 0.556. The summed E-state index contributed by atoms with van der Waals surface area (Å²) < 4.78 is 9.63. The Bertz CT molecular complexity index is 409. The van der Waals surface area contributed by atoms with Crippen molar-refractivity contribution in [1.29, 1.82) is 0 Å². The lowest BCUT2D eigenvalue weighted by Crippen LogP contribution is -2.02. The van der Waals surface area contributed by atoms with Gasteiger partial charge < -0.3 is 9.15 Å². The molecule has 0 saturated carbocycles. The van der Waals surface area contributed by atoms with E-state index in [-0.39, 0.29) is 11.6 Å². The lowest BCUT2D eigenvalue weighted by atomic mass is 10.1. The number of methoxy groups -OCH3 is 1. The van der Waals surface area contributed by atoms with Crippen LogP contribution in [-0.2, 0) is 4.74 Å². The van der Waals surface area contributed by atoms with Crippen LogP contribution < -0.4 is 0 Å². The van der Waals surface area contributed by atoms with E-state index in [1.165, 1.54) is 13.4 Å². The number of hydrogen-bond donors (Lipinski definition) is 0. The Labute approximate surface area is 92.0 Å². The molecule has 0 radical (unpaired) electrons. The smallest absolute Gasteiger partial charge is 0.360 e. The minimum atomic E-state index is -0.530. The first-order chi connectivity index (χ1) is 7.69. The summed E-state index contributed by atoms with van der Waals surface area (Å²) in [5.74, 6) is -0.102. The summed E-state index contributed by atoms with van der Waals surface area (Å²) >= 11 is 0. The van der Waals surface area contributed by atoms with Crippen molar-refractivity contribution in [3.63, 3.8) is 0 Å². The summed E-state index contributed by atoms with van der Waals surface area (Å²) in [5, 5.41) is 3.41. The summed E-state index contributed by atoms with van der Waals surface area (Å²) in [6, 6.07) is 0. The van der Waals surface area contributed by atoms with Gasteiger partial charge in [-0.1, -0.05) is 12.0 Å². The minimum absolute atomic E-state index is 0.0103. The molecule has 1 atom stereocenters. The maximum Gasteiger partial charge on any atom is 0.360 e. The van der Waals surface area contributed by atoms with Crippen LogP contribution >= 0.6 is 0 Å². The van der Waals surface area contributed by atoms with Crippen molar-refractivity contribution in [1.82, 2.24) is 4.98 Å². The maximum absolute atomic E-state index is 11.1. The number of oxazole rings is 1. The van der Waals surface area contributed by atoms with Gasteiger partial charge in [-0.25, -0.2) is 9.78 Å². The highest BCUT2D eigenvalue weighted by Gasteiger charge is 2.16. The van der Waals surface area contributed by atoms with Crippen molar-refractivity contribution in [3.05, 3.63) is 28.3 Å². The molecule has 0 fully saturated rings. The van der Waals surface area contributed by atoms with Gasteiger partial charge >= 0.3 is 5.97 Å². The van der Waals surface area contributed by atoms with E-state index in [4.69, 9.17) is 9.95 Å². The monoisotopic (exact) mass is 224 g/mol. The number of nitrogens with zero attached hydrogens (tertiary/aromatic N) is 4. The number of carbonyl (C=O) groups is 1. The number of ether oxygens (including phenoxy) is 1. The van der Waals surface area contributed by atoms with Crippen LogP contribution in [0, 0.1) is 0 Å². The Morgan fingerprint density at radius 2 is 2.56 bits per heavy atom. The van der Waals surface area contributed by atoms with E-state index in [2.05, 4.69) is 19.7 Å². The van der Waals surface area contributed by atoms with Gasteiger partial charge in [0.15, 0.2) is 11.6 Å². The molecule has 86 valence electrons. The summed E-state index contributed by atoms with van der Waals surface area (Å²) in [7, 11) is 1.28. The van der Waals surface area contributed by atoms with Crippen LogP contribution in [0.5, 0.6) is 0 Å². The Hall–Kier alpha value is -2.01. The molecule has 1 aromatic rings. The zero-order valence-electron chi connectivity index (χ0n) is 9.08. The molecule has 0 N–H and O–H groups in total. The second-order valence-electron chi connectivity index (χ2n) is 3.21. The van der Waals surface area contributed by atoms with E-state index >= 15 is 0 Å². The van der Waals surface area contributed by atoms with E-state index in [0.717, 1.165) is 0 Å². The highest BCUT2D eigenvalue weighted by molar-refractivity contribution is 5.86. The molecule has 0 aliphatic rings. The molecule has 16 heavy (non-hydrogen) atoms. The number of aromatic nitrogens is 1. The third-order valence-corrected chi connectivity index (χ3v) is 2.06. The number of esters is 1. The molecular weight excluding hydrogens is 212 g/mol. The second-order valence-corrected chi connectivity index (χ2v) is 3.21. The van der Waals surface area contributed by atoms with Crippen molar-refractivity contribution < 1.29 is 13.9 Å². The van der Waals surface area contributed by atoms with E-state index < -0.39 is 5.97 Å². The minimum Gasteiger partial charge on any atom is -0.464 e. The van der Waals surface area contributed by atoms with Crippen molar-refractivity contribution in [2.45, 2.75) is 19.3 Å². The van der Waals surface area contributed by atoms with Crippen LogP contribution in [0.2, 0.25) is 0 Å². The molecule has 7 heteroatoms. The van der Waals surface area contributed by atoms with E-state index in [1.54, 1.807) is 0 Å². The zero-order chi connectivity index (χ0) is 12.0. The highest BCUT2D eigenvalue weighted by Crippen LogP contribution is 2.18. The molecule has 0 aliphatic carbocycles. The van der Waals surface area contributed by atoms with Crippen molar-refractivity contribution in [2.75, 3.05) is 13.7 Å². The Morgan fingerprint density at radius 1 is 1.81 bits per heavy atom. The number of hydrogen-bond acceptors (Lipinski definition) is 5. The molecule has 1 heterocycles. The summed E-state index contributed by atoms with van der Waals surface area (Å²) in [5.41, 5.74) is 8.26. The van der Waals surface area contributed by atoms with Gasteiger partial charge in [-0.05, 0) is 12.0 Å². The third-order valence-electron chi connectivity index (χ3n) is 2.06. The maximum atomic E-state index is 11.1. The van der Waals surface area contributed by atoms with Gasteiger partial charge in [0.05, 0.1) is 7.11 Å². The van der Waals surface area contributed by atoms with Crippen LogP contribution in [0.3, 0.4) is 0 Å². The molecule has 0 aliphatic heterocycles. The molecule has 0 amide bonds. The first-order valence-electron chi connectivity index (χ1n) is 4.73. The standard InChI is InChI=1S/C9H12N4O3/c1-6(3-4-11-13-10)8-12-7(5-16-8)9(14)15-2/h5-6H,3-4H2,1-2H3. The summed E-state index contributed by atoms with van der Waals surface area (Å²) in [4.78, 5) is 17.7. The number of azide groups is 1. The van der Waals surface area contributed by atoms with Crippen molar-refractivity contribution >= 4 is 5.97 Å². The normalized spacial score (nSPS) is 11.6. The lowest BCUT2D eigenvalue weighted by molar-refractivity contribution is 0.0594. The Morgan fingerprint density at radius 3 is 3.19 bits per heavy atom. The van der Waals surface area contributed by atoms with Crippen LogP contribution in [-0.4, -0.2) is 24.6 Å². The molecule has 0 bridgehead atoms. The summed E-state index contributed by atoms with van der Waals surface area (Å²) in [6.07, 6.45) is 1.87. The largest absolute Gasteiger partial charge is 0.464 e. The average Bonchev–Trinajstić information content (AvgIpc) is 2.77. The van der Waals surface area contributed by atoms with Crippen molar-refractivity contribution in [2.24, 2.45) is 5.11 Å². The Kier molecular flexibility index (Phi) is 4.35. The quantitative estimate of drug-likeness (QED) is 0.331. The second kappa shape index (κ2) is 5.77. The number of rotatable bonds is 5. The van der Waals surface area contributed by atoms with Crippen molar-refractivity contribution in [3.8, 4) is 0 Å². The first kappa shape index (κ1) is 12.1. The van der Waals surface area contributed by atoms with Gasteiger partial charge in [0, 0.05) is 17.4 Å².